The number of benzene rings is 1. The van der Waals surface area contributed by atoms with Crippen molar-refractivity contribution in [1.29, 1.82) is 0 Å². The van der Waals surface area contributed by atoms with E-state index in [0.29, 0.717) is 0 Å². The molecule has 1 aromatic rings. The van der Waals surface area contributed by atoms with Gasteiger partial charge in [-0.25, -0.2) is 0 Å². The van der Waals surface area contributed by atoms with Crippen LogP contribution in [0.25, 0.3) is 0 Å². The van der Waals surface area contributed by atoms with Gasteiger partial charge in [-0.1, -0.05) is 0 Å². The van der Waals surface area contributed by atoms with E-state index >= 15 is 0 Å². The van der Waals surface area contributed by atoms with Crippen LogP contribution in [0.1, 0.15) is 0 Å². The first-order valence-corrected chi connectivity index (χ1v) is 6.07. The Morgan fingerprint density at radius 1 is 1.27 bits per heavy atom. The molecular formula is C6H6NNaO5S2. The molecule has 9 heteroatoms. The summed E-state index contributed by atoms with van der Waals surface area (Å²) in [7, 11) is -3.94. The Balaban J connectivity index is 0.00000196. The van der Waals surface area contributed by atoms with Crippen LogP contribution in [0.5, 0.6) is 0 Å². The fourth-order valence-electron chi connectivity index (χ4n) is 0.745. The van der Waals surface area contributed by atoms with Gasteiger partial charge in [0.15, 0.2) is 0 Å². The van der Waals surface area contributed by atoms with Crippen LogP contribution in [0.4, 0.5) is 5.69 Å². The standard InChI is InChI=1S/C6H5NO5S2.Na.H/c8-7(9)5-1-3-6(4-2-5)13-14(10,11)12;;/h1-4H,(H,10,11,12);;. The molecule has 0 atom stereocenters. The van der Waals surface area contributed by atoms with Crippen LogP contribution in [0.2, 0.25) is 0 Å². The number of nitro groups is 1. The molecule has 0 fully saturated rings. The van der Waals surface area contributed by atoms with Crippen molar-refractivity contribution in [3.05, 3.63) is 34.4 Å². The fourth-order valence-corrected chi connectivity index (χ4v) is 2.30. The molecule has 0 heterocycles. The summed E-state index contributed by atoms with van der Waals surface area (Å²) in [5.74, 6) is 0. The first kappa shape index (κ1) is 14.9. The van der Waals surface area contributed by atoms with E-state index in [1.165, 1.54) is 12.1 Å². The SMILES string of the molecule is O=[N+]([O-])c1ccc(SS(=O)(=O)O)cc1.[NaH]. The molecule has 15 heavy (non-hydrogen) atoms. The summed E-state index contributed by atoms with van der Waals surface area (Å²) in [5.41, 5.74) is -0.135. The molecule has 0 bridgehead atoms. The molecule has 0 radical (unpaired) electrons. The van der Waals surface area contributed by atoms with Gasteiger partial charge in [-0.05, 0) is 12.1 Å². The quantitative estimate of drug-likeness (QED) is 0.284. The molecule has 1 aromatic carbocycles. The summed E-state index contributed by atoms with van der Waals surface area (Å²) in [6, 6.07) is 4.81. The Hall–Kier alpha value is -0.120. The Morgan fingerprint density at radius 3 is 2.07 bits per heavy atom. The van der Waals surface area contributed by atoms with Gasteiger partial charge in [-0.15, -0.1) is 0 Å². The number of hydrogen-bond acceptors (Lipinski definition) is 5. The van der Waals surface area contributed by atoms with E-state index in [2.05, 4.69) is 0 Å². The zero-order chi connectivity index (χ0) is 10.8. The van der Waals surface area contributed by atoms with Crippen LogP contribution in [0, 0.1) is 10.1 Å². The van der Waals surface area contributed by atoms with Crippen LogP contribution in [0.15, 0.2) is 29.2 Å². The molecule has 6 nitrogen and oxygen atoms in total. The predicted octanol–water partition coefficient (Wildman–Crippen LogP) is 0.841. The molecule has 0 aliphatic carbocycles. The Bertz CT molecular complexity index is 443. The van der Waals surface area contributed by atoms with Crippen molar-refractivity contribution in [2.24, 2.45) is 0 Å². The second-order valence-electron chi connectivity index (χ2n) is 2.26. The van der Waals surface area contributed by atoms with Gasteiger partial charge < -0.3 is 0 Å². The van der Waals surface area contributed by atoms with Gasteiger partial charge in [-0.2, -0.15) is 8.42 Å². The normalized spacial score (nSPS) is 10.5. The summed E-state index contributed by atoms with van der Waals surface area (Å²) < 4.78 is 29.3. The first-order chi connectivity index (χ1) is 6.38. The van der Waals surface area contributed by atoms with Crippen molar-refractivity contribution in [1.82, 2.24) is 0 Å². The number of rotatable bonds is 3. The molecule has 0 spiro atoms. The van der Waals surface area contributed by atoms with Gasteiger partial charge in [0.2, 0.25) is 0 Å². The zero-order valence-corrected chi connectivity index (χ0v) is 8.29. The van der Waals surface area contributed by atoms with Crippen molar-refractivity contribution in [2.45, 2.75) is 4.90 Å². The monoisotopic (exact) mass is 259 g/mol. The molecule has 0 unspecified atom stereocenters. The summed E-state index contributed by atoms with van der Waals surface area (Å²) in [6.45, 7) is 0. The summed E-state index contributed by atoms with van der Waals surface area (Å²) >= 11 is 0. The molecule has 1 N–H and O–H groups in total. The van der Waals surface area contributed by atoms with Gasteiger partial charge in [-0.3, -0.25) is 14.7 Å². The van der Waals surface area contributed by atoms with Crippen molar-refractivity contribution in [2.75, 3.05) is 0 Å². The van der Waals surface area contributed by atoms with Gasteiger partial charge in [0.25, 0.3) is 5.69 Å². The van der Waals surface area contributed by atoms with E-state index in [-0.39, 0.29) is 50.9 Å². The maximum atomic E-state index is 10.4. The van der Waals surface area contributed by atoms with Crippen LogP contribution in [-0.2, 0) is 9.15 Å². The number of nitro benzene ring substituents is 1. The topological polar surface area (TPSA) is 97.5 Å². The maximum absolute atomic E-state index is 10.4. The van der Waals surface area contributed by atoms with E-state index < -0.39 is 14.1 Å². The van der Waals surface area contributed by atoms with Gasteiger partial charge in [0, 0.05) is 27.8 Å². The second-order valence-corrected chi connectivity index (χ2v) is 5.52. The third kappa shape index (κ3) is 5.50. The second kappa shape index (κ2) is 5.83. The molecule has 0 saturated carbocycles. The molecular weight excluding hydrogens is 253 g/mol. The van der Waals surface area contributed by atoms with E-state index in [1.54, 1.807) is 0 Å². The van der Waals surface area contributed by atoms with E-state index in [1.807, 2.05) is 0 Å². The summed E-state index contributed by atoms with van der Waals surface area (Å²) in [4.78, 5) is 9.85. The molecule has 0 aliphatic heterocycles. The molecule has 0 aliphatic rings. The predicted molar refractivity (Wildman–Crippen MR) is 57.7 cm³/mol. The van der Waals surface area contributed by atoms with Gasteiger partial charge in [0.05, 0.1) is 4.92 Å². The average molecular weight is 259 g/mol. The number of hydrogen-bond donors (Lipinski definition) is 1. The minimum atomic E-state index is -4.16. The summed E-state index contributed by atoms with van der Waals surface area (Å²) in [5, 5.41) is 10.2. The first-order valence-electron chi connectivity index (χ1n) is 3.30. The van der Waals surface area contributed by atoms with Crippen LogP contribution < -0.4 is 0 Å². The van der Waals surface area contributed by atoms with Crippen molar-refractivity contribution >= 4 is 55.2 Å². The third-order valence-electron chi connectivity index (χ3n) is 1.25. The molecule has 0 saturated heterocycles. The molecule has 0 amide bonds. The van der Waals surface area contributed by atoms with E-state index in [4.69, 9.17) is 4.55 Å². The third-order valence-corrected chi connectivity index (χ3v) is 3.13. The Kier molecular flexibility index (Phi) is 5.78. The van der Waals surface area contributed by atoms with Crippen molar-refractivity contribution in [3.8, 4) is 0 Å². The Labute approximate surface area is 112 Å². The molecule has 0 aromatic heterocycles. The minimum absolute atomic E-state index is 0. The fraction of sp³-hybridized carbons (Fsp3) is 0. The number of non-ortho nitro benzene ring substituents is 1. The van der Waals surface area contributed by atoms with Crippen LogP contribution in [-0.4, -0.2) is 47.5 Å². The molecule has 78 valence electrons. The van der Waals surface area contributed by atoms with Crippen molar-refractivity contribution < 1.29 is 17.9 Å². The Morgan fingerprint density at radius 2 is 1.73 bits per heavy atom. The van der Waals surface area contributed by atoms with Crippen LogP contribution >= 0.6 is 10.8 Å². The molecule has 1 rings (SSSR count). The van der Waals surface area contributed by atoms with E-state index in [9.17, 15) is 18.5 Å². The van der Waals surface area contributed by atoms with Crippen molar-refractivity contribution in [3.63, 3.8) is 0 Å². The van der Waals surface area contributed by atoms with E-state index in [0.717, 1.165) is 12.1 Å². The van der Waals surface area contributed by atoms with Crippen LogP contribution in [0.3, 0.4) is 0 Å². The zero-order valence-electron chi connectivity index (χ0n) is 6.65. The van der Waals surface area contributed by atoms with Gasteiger partial charge in [0.1, 0.15) is 0 Å². The summed E-state index contributed by atoms with van der Waals surface area (Å²) in [6.07, 6.45) is 0. The number of nitrogens with zero attached hydrogens (tertiary/aromatic N) is 1. The average Bonchev–Trinajstić information content (AvgIpc) is 2.02. The van der Waals surface area contributed by atoms with Gasteiger partial charge >= 0.3 is 38.7 Å².